The Balaban J connectivity index is 1.29. The molecule has 2 aromatic rings. The lowest BCUT2D eigenvalue weighted by molar-refractivity contribution is 0.0948. The molecule has 0 spiro atoms. The minimum atomic E-state index is -1.57. The first-order valence-electron chi connectivity index (χ1n) is 14.3. The van der Waals surface area contributed by atoms with Crippen molar-refractivity contribution in [3.63, 3.8) is 0 Å². The summed E-state index contributed by atoms with van der Waals surface area (Å²) >= 11 is 0. The summed E-state index contributed by atoms with van der Waals surface area (Å²) < 4.78 is 8.14. The van der Waals surface area contributed by atoms with Crippen molar-refractivity contribution in [2.45, 2.75) is 49.9 Å². The van der Waals surface area contributed by atoms with E-state index in [9.17, 15) is 0 Å². The van der Waals surface area contributed by atoms with Gasteiger partial charge in [0.25, 0.3) is 0 Å². The van der Waals surface area contributed by atoms with E-state index in [1.807, 2.05) is 36.4 Å². The van der Waals surface area contributed by atoms with Crippen LogP contribution in [0.2, 0.25) is 0 Å². The first-order valence-corrected chi connectivity index (χ1v) is 16.4. The molecule has 6 nitrogen and oxygen atoms in total. The molecular formula is C35H47N5OS. The van der Waals surface area contributed by atoms with Crippen LogP contribution in [0.15, 0.2) is 122 Å². The van der Waals surface area contributed by atoms with Gasteiger partial charge in [-0.25, -0.2) is 0 Å². The zero-order valence-corrected chi connectivity index (χ0v) is 25.9. The van der Waals surface area contributed by atoms with E-state index in [0.717, 1.165) is 46.8 Å². The Hall–Kier alpha value is -3.65. The summed E-state index contributed by atoms with van der Waals surface area (Å²) in [7, 11) is -1.57. The standard InChI is InChI=1S/C35H47N5OS/c1-26-22-39(42(7,8)24-33-17-13-10-14-18-33)25-35(36)20-19-34(40(26)35)31(6)38-30(5)28(3)29(4)37-21-27(2)41-23-32-15-11-9-12-16-32/h9-18,30,34,37-38H,1-4,6-8,19-25,36H2,5H3. The highest BCUT2D eigenvalue weighted by Gasteiger charge is 2.49. The van der Waals surface area contributed by atoms with Gasteiger partial charge in [-0.2, -0.15) is 9.39 Å². The smallest absolute Gasteiger partial charge is 0.113 e. The van der Waals surface area contributed by atoms with Gasteiger partial charge in [0.2, 0.25) is 0 Å². The van der Waals surface area contributed by atoms with E-state index in [4.69, 9.17) is 10.5 Å². The molecule has 0 radical (unpaired) electrons. The normalized spacial score (nSPS) is 21.2. The van der Waals surface area contributed by atoms with E-state index in [2.05, 4.69) is 95.7 Å². The van der Waals surface area contributed by atoms with Crippen LogP contribution in [0.25, 0.3) is 0 Å². The molecule has 2 aromatic carbocycles. The van der Waals surface area contributed by atoms with Crippen molar-refractivity contribution in [2.75, 3.05) is 19.6 Å². The summed E-state index contributed by atoms with van der Waals surface area (Å²) in [6.45, 7) is 25.7. The minimum Gasteiger partial charge on any atom is -0.492 e. The van der Waals surface area contributed by atoms with Gasteiger partial charge in [0.05, 0.1) is 12.6 Å². The highest BCUT2D eigenvalue weighted by molar-refractivity contribution is 8.25. The van der Waals surface area contributed by atoms with Gasteiger partial charge in [-0.1, -0.05) is 105 Å². The highest BCUT2D eigenvalue weighted by Crippen LogP contribution is 2.44. The van der Waals surface area contributed by atoms with Gasteiger partial charge in [0, 0.05) is 42.0 Å². The molecule has 0 bridgehead atoms. The summed E-state index contributed by atoms with van der Waals surface area (Å²) in [5.74, 6) is 10.6. The number of benzene rings is 2. The van der Waals surface area contributed by atoms with Crippen LogP contribution in [0.3, 0.4) is 0 Å². The fourth-order valence-electron chi connectivity index (χ4n) is 5.71. The first-order chi connectivity index (χ1) is 19.9. The van der Waals surface area contributed by atoms with Crippen LogP contribution < -0.4 is 16.4 Å². The second-order valence-corrected chi connectivity index (χ2v) is 14.4. The molecule has 3 atom stereocenters. The lowest BCUT2D eigenvalue weighted by Crippen LogP contribution is -2.64. The van der Waals surface area contributed by atoms with Gasteiger partial charge >= 0.3 is 0 Å². The molecule has 0 saturated carbocycles. The molecule has 2 aliphatic rings. The van der Waals surface area contributed by atoms with Crippen LogP contribution in [0.4, 0.5) is 0 Å². The van der Waals surface area contributed by atoms with Crippen LogP contribution in [0, 0.1) is 0 Å². The van der Waals surface area contributed by atoms with Crippen molar-refractivity contribution >= 4 is 21.1 Å². The summed E-state index contributed by atoms with van der Waals surface area (Å²) in [5, 5.41) is 6.85. The van der Waals surface area contributed by atoms with Gasteiger partial charge in [-0.05, 0) is 36.5 Å². The second-order valence-electron chi connectivity index (χ2n) is 11.6. The number of hydrogen-bond acceptors (Lipinski definition) is 6. The Morgan fingerprint density at radius 3 is 2.31 bits per heavy atom. The molecule has 0 aromatic heterocycles. The molecule has 4 N–H and O–H groups in total. The molecule has 0 aliphatic carbocycles. The summed E-state index contributed by atoms with van der Waals surface area (Å²) in [5.41, 5.74) is 12.3. The average Bonchev–Trinajstić information content (AvgIpc) is 3.33. The first kappa shape index (κ1) is 31.3. The lowest BCUT2D eigenvalue weighted by atomic mass is 10.1. The van der Waals surface area contributed by atoms with Crippen molar-refractivity contribution in [3.05, 3.63) is 133 Å². The molecule has 4 rings (SSSR count). The summed E-state index contributed by atoms with van der Waals surface area (Å²) in [6, 6.07) is 20.4. The Labute approximate surface area is 253 Å². The number of fused-ring (bicyclic) bond motifs is 1. The zero-order chi connectivity index (χ0) is 30.5. The van der Waals surface area contributed by atoms with Gasteiger partial charge in [-0.15, -0.1) is 0 Å². The zero-order valence-electron chi connectivity index (χ0n) is 25.1. The van der Waals surface area contributed by atoms with Crippen molar-refractivity contribution in [2.24, 2.45) is 5.73 Å². The van der Waals surface area contributed by atoms with Crippen molar-refractivity contribution in [3.8, 4) is 0 Å². The van der Waals surface area contributed by atoms with E-state index in [-0.39, 0.29) is 12.1 Å². The number of ether oxygens (including phenoxy) is 1. The van der Waals surface area contributed by atoms with Crippen LogP contribution in [0.1, 0.15) is 30.9 Å². The predicted octanol–water partition coefficient (Wildman–Crippen LogP) is 5.60. The van der Waals surface area contributed by atoms with Gasteiger partial charge in [0.1, 0.15) is 18.0 Å². The second kappa shape index (κ2) is 13.1. The molecular weight excluding hydrogens is 538 g/mol. The molecule has 3 unspecified atom stereocenters. The minimum absolute atomic E-state index is 0.0421. The number of nitrogens with zero attached hydrogens (tertiary/aromatic N) is 2. The van der Waals surface area contributed by atoms with E-state index < -0.39 is 15.1 Å². The predicted molar refractivity (Wildman–Crippen MR) is 183 cm³/mol. The monoisotopic (exact) mass is 585 g/mol. The van der Waals surface area contributed by atoms with E-state index in [1.165, 1.54) is 5.56 Å². The SMILES string of the molecule is C=C(CNC(=C)C(=C)C(C)NC(=C)C1CCC2(N)CN(S(=C)(=C)Cc3ccccc3)CC(=C)N12)OCc1ccccc1. The highest BCUT2D eigenvalue weighted by atomic mass is 32.2. The summed E-state index contributed by atoms with van der Waals surface area (Å²) in [6.07, 6.45) is 1.73. The lowest BCUT2D eigenvalue weighted by Gasteiger charge is -2.51. The molecule has 42 heavy (non-hydrogen) atoms. The number of hydrogen-bond donors (Lipinski definition) is 3. The van der Waals surface area contributed by atoms with Gasteiger partial charge < -0.3 is 26.0 Å². The molecule has 2 aliphatic heterocycles. The molecule has 2 saturated heterocycles. The third-order valence-electron chi connectivity index (χ3n) is 8.12. The molecule has 224 valence electrons. The number of nitrogens with one attached hydrogen (secondary N) is 2. The van der Waals surface area contributed by atoms with Gasteiger partial charge in [0.15, 0.2) is 0 Å². The number of rotatable bonds is 14. The molecule has 2 heterocycles. The van der Waals surface area contributed by atoms with Crippen LogP contribution in [-0.4, -0.2) is 58.3 Å². The maximum Gasteiger partial charge on any atom is 0.113 e. The third-order valence-corrected chi connectivity index (χ3v) is 10.3. The van der Waals surface area contributed by atoms with Crippen molar-refractivity contribution in [1.29, 1.82) is 0 Å². The van der Waals surface area contributed by atoms with E-state index >= 15 is 0 Å². The molecule has 0 amide bonds. The fraction of sp³-hybridized carbons (Fsp3) is 0.314. The van der Waals surface area contributed by atoms with Crippen molar-refractivity contribution in [1.82, 2.24) is 19.8 Å². The van der Waals surface area contributed by atoms with E-state index in [1.54, 1.807) is 0 Å². The Morgan fingerprint density at radius 2 is 1.67 bits per heavy atom. The largest absolute Gasteiger partial charge is 0.492 e. The molecule has 7 heteroatoms. The van der Waals surface area contributed by atoms with Crippen LogP contribution in [-0.2, 0) is 17.1 Å². The van der Waals surface area contributed by atoms with Crippen molar-refractivity contribution < 1.29 is 4.74 Å². The molecule has 2 fully saturated rings. The summed E-state index contributed by atoms with van der Waals surface area (Å²) in [4.78, 5) is 2.27. The van der Waals surface area contributed by atoms with Crippen LogP contribution >= 0.6 is 9.39 Å². The quantitative estimate of drug-likeness (QED) is 0.152. The van der Waals surface area contributed by atoms with E-state index in [0.29, 0.717) is 32.0 Å². The maximum atomic E-state index is 7.08. The third kappa shape index (κ3) is 7.40. The number of nitrogens with two attached hydrogens (primary N) is 1. The topological polar surface area (TPSA) is 65.8 Å². The fourth-order valence-corrected chi connectivity index (χ4v) is 7.63. The average molecular weight is 586 g/mol. The maximum absolute atomic E-state index is 7.08. The Morgan fingerprint density at radius 1 is 1.05 bits per heavy atom. The Bertz CT molecular complexity index is 1430. The number of piperazine rings is 1. The Kier molecular flexibility index (Phi) is 9.77. The van der Waals surface area contributed by atoms with Crippen LogP contribution in [0.5, 0.6) is 0 Å². The van der Waals surface area contributed by atoms with Gasteiger partial charge in [-0.3, -0.25) is 4.31 Å².